The highest BCUT2D eigenvalue weighted by molar-refractivity contribution is 6.43. The average molecular weight is 209 g/mol. The van der Waals surface area contributed by atoms with Gasteiger partial charge < -0.3 is 4.74 Å². The molecule has 0 N–H and O–H groups in total. The van der Waals surface area contributed by atoms with Gasteiger partial charge in [-0.3, -0.25) is 4.79 Å². The van der Waals surface area contributed by atoms with E-state index in [0.717, 1.165) is 0 Å². The maximum Gasteiger partial charge on any atom is 0.384 e. The largest absolute Gasteiger partial charge is 0.420 e. The zero-order chi connectivity index (χ0) is 10.1. The number of hydrogen-bond donors (Lipinski definition) is 0. The molecule has 14 heavy (non-hydrogen) atoms. The van der Waals surface area contributed by atoms with Crippen molar-refractivity contribution in [3.8, 4) is 0 Å². The summed E-state index contributed by atoms with van der Waals surface area (Å²) in [5.41, 5.74) is 0.661. The number of rotatable bonds is 1. The molecule has 0 amide bonds. The summed E-state index contributed by atoms with van der Waals surface area (Å²) < 4.78 is 4.73. The topological polar surface area (TPSA) is 43.4 Å². The van der Waals surface area contributed by atoms with Crippen LogP contribution in [-0.2, 0) is 14.3 Å². The Bertz CT molecular complexity index is 431. The van der Waals surface area contributed by atoms with Crippen LogP contribution >= 0.6 is 11.6 Å². The lowest BCUT2D eigenvalue weighted by Gasteiger charge is -2.00. The third-order valence-electron chi connectivity index (χ3n) is 1.79. The van der Waals surface area contributed by atoms with E-state index in [1.165, 1.54) is 6.08 Å². The SMILES string of the molecule is O=C1C=C(c2ccc(Cl)cc2)OC1=O. The van der Waals surface area contributed by atoms with E-state index in [4.69, 9.17) is 16.3 Å². The maximum absolute atomic E-state index is 10.8. The quantitative estimate of drug-likeness (QED) is 0.522. The number of ketones is 1. The molecule has 0 bridgehead atoms. The van der Waals surface area contributed by atoms with Gasteiger partial charge in [0.05, 0.1) is 0 Å². The monoisotopic (exact) mass is 208 g/mol. The van der Waals surface area contributed by atoms with Gasteiger partial charge in [0, 0.05) is 16.7 Å². The summed E-state index contributed by atoms with van der Waals surface area (Å²) in [7, 11) is 0. The molecule has 1 heterocycles. The molecule has 0 atom stereocenters. The number of carbonyl (C=O) groups is 2. The first-order valence-corrected chi connectivity index (χ1v) is 4.28. The lowest BCUT2D eigenvalue weighted by molar-refractivity contribution is -0.144. The predicted octanol–water partition coefficient (Wildman–Crippen LogP) is 1.81. The Balaban J connectivity index is 2.34. The number of hydrogen-bond acceptors (Lipinski definition) is 3. The smallest absolute Gasteiger partial charge is 0.384 e. The third-order valence-corrected chi connectivity index (χ3v) is 2.05. The van der Waals surface area contributed by atoms with Crippen molar-refractivity contribution in [2.24, 2.45) is 0 Å². The van der Waals surface area contributed by atoms with E-state index in [9.17, 15) is 9.59 Å². The first-order chi connectivity index (χ1) is 6.66. The van der Waals surface area contributed by atoms with Crippen LogP contribution in [0.2, 0.25) is 5.02 Å². The predicted molar refractivity (Wildman–Crippen MR) is 50.5 cm³/mol. The normalized spacial score (nSPS) is 15.4. The highest BCUT2D eigenvalue weighted by atomic mass is 35.5. The van der Waals surface area contributed by atoms with Gasteiger partial charge in [0.1, 0.15) is 5.76 Å². The summed E-state index contributed by atoms with van der Waals surface area (Å²) in [5, 5.41) is 0.588. The van der Waals surface area contributed by atoms with Gasteiger partial charge in [-0.2, -0.15) is 0 Å². The minimum atomic E-state index is -0.838. The van der Waals surface area contributed by atoms with Gasteiger partial charge in [0.25, 0.3) is 5.78 Å². The van der Waals surface area contributed by atoms with Crippen LogP contribution in [0.25, 0.3) is 5.76 Å². The minimum Gasteiger partial charge on any atom is -0.420 e. The van der Waals surface area contributed by atoms with Gasteiger partial charge in [0.2, 0.25) is 0 Å². The third kappa shape index (κ3) is 1.54. The molecule has 1 aromatic carbocycles. The van der Waals surface area contributed by atoms with Crippen LogP contribution in [0.3, 0.4) is 0 Å². The number of carbonyl (C=O) groups excluding carboxylic acids is 2. The fourth-order valence-electron chi connectivity index (χ4n) is 1.11. The van der Waals surface area contributed by atoms with Crippen molar-refractivity contribution in [1.29, 1.82) is 0 Å². The fourth-order valence-corrected chi connectivity index (χ4v) is 1.24. The molecule has 0 fully saturated rings. The molecule has 0 saturated carbocycles. The van der Waals surface area contributed by atoms with E-state index >= 15 is 0 Å². The first-order valence-electron chi connectivity index (χ1n) is 3.90. The van der Waals surface area contributed by atoms with Crippen LogP contribution in [0.15, 0.2) is 30.3 Å². The standard InChI is InChI=1S/C10H5ClO3/c11-7-3-1-6(2-4-7)9-5-8(12)10(13)14-9/h1-5H. The average Bonchev–Trinajstić information content (AvgIpc) is 2.48. The molecule has 0 radical (unpaired) electrons. The van der Waals surface area contributed by atoms with Crippen LogP contribution in [0, 0.1) is 0 Å². The molecule has 2 rings (SSSR count). The van der Waals surface area contributed by atoms with Gasteiger partial charge in [-0.15, -0.1) is 0 Å². The van der Waals surface area contributed by atoms with Crippen molar-refractivity contribution in [3.63, 3.8) is 0 Å². The molecular weight excluding hydrogens is 204 g/mol. The van der Waals surface area contributed by atoms with E-state index in [-0.39, 0.29) is 5.76 Å². The molecule has 0 spiro atoms. The van der Waals surface area contributed by atoms with E-state index in [0.29, 0.717) is 10.6 Å². The second-order valence-corrected chi connectivity index (χ2v) is 3.21. The van der Waals surface area contributed by atoms with Gasteiger partial charge in [0.15, 0.2) is 0 Å². The second kappa shape index (κ2) is 3.27. The Morgan fingerprint density at radius 2 is 1.71 bits per heavy atom. The lowest BCUT2D eigenvalue weighted by atomic mass is 10.2. The fraction of sp³-hybridized carbons (Fsp3) is 0. The lowest BCUT2D eigenvalue weighted by Crippen LogP contribution is -2.05. The molecular formula is C10H5ClO3. The molecule has 3 nitrogen and oxygen atoms in total. The van der Waals surface area contributed by atoms with Gasteiger partial charge in [-0.1, -0.05) is 11.6 Å². The first kappa shape index (κ1) is 8.97. The highest BCUT2D eigenvalue weighted by Crippen LogP contribution is 2.22. The summed E-state index contributed by atoms with van der Waals surface area (Å²) in [4.78, 5) is 21.6. The van der Waals surface area contributed by atoms with Crippen LogP contribution in [-0.4, -0.2) is 11.8 Å². The molecule has 0 aromatic heterocycles. The van der Waals surface area contributed by atoms with Crippen molar-refractivity contribution >= 4 is 29.1 Å². The zero-order valence-electron chi connectivity index (χ0n) is 6.99. The molecule has 0 unspecified atom stereocenters. The van der Waals surface area contributed by atoms with Crippen LogP contribution < -0.4 is 0 Å². The molecule has 1 aromatic rings. The molecule has 0 saturated heterocycles. The number of benzene rings is 1. The second-order valence-electron chi connectivity index (χ2n) is 2.77. The van der Waals surface area contributed by atoms with Crippen molar-refractivity contribution in [2.45, 2.75) is 0 Å². The summed E-state index contributed by atoms with van der Waals surface area (Å²) >= 11 is 5.68. The number of cyclic esters (lactones) is 1. The Labute approximate surface area is 84.9 Å². The van der Waals surface area contributed by atoms with E-state index < -0.39 is 11.8 Å². The van der Waals surface area contributed by atoms with E-state index in [1.54, 1.807) is 24.3 Å². The summed E-state index contributed by atoms with van der Waals surface area (Å²) in [6.07, 6.45) is 1.17. The van der Waals surface area contributed by atoms with Gasteiger partial charge in [-0.25, -0.2) is 4.79 Å². The Morgan fingerprint density at radius 3 is 2.21 bits per heavy atom. The van der Waals surface area contributed by atoms with Crippen molar-refractivity contribution in [3.05, 3.63) is 40.9 Å². The van der Waals surface area contributed by atoms with Crippen molar-refractivity contribution < 1.29 is 14.3 Å². The molecule has 1 aliphatic heterocycles. The summed E-state index contributed by atoms with van der Waals surface area (Å²) in [5.74, 6) is -1.19. The minimum absolute atomic E-state index is 0.275. The van der Waals surface area contributed by atoms with Gasteiger partial charge >= 0.3 is 5.97 Å². The molecule has 0 aliphatic carbocycles. The Kier molecular flexibility index (Phi) is 2.09. The highest BCUT2D eigenvalue weighted by Gasteiger charge is 2.24. The van der Waals surface area contributed by atoms with Crippen LogP contribution in [0.4, 0.5) is 0 Å². The van der Waals surface area contributed by atoms with Crippen molar-refractivity contribution in [2.75, 3.05) is 0 Å². The van der Waals surface area contributed by atoms with Crippen molar-refractivity contribution in [1.82, 2.24) is 0 Å². The van der Waals surface area contributed by atoms with E-state index in [1.807, 2.05) is 0 Å². The van der Waals surface area contributed by atoms with Gasteiger partial charge in [-0.05, 0) is 24.3 Å². The molecule has 1 aliphatic rings. The number of esters is 1. The summed E-state index contributed by atoms with van der Waals surface area (Å²) in [6, 6.07) is 6.68. The van der Waals surface area contributed by atoms with E-state index in [2.05, 4.69) is 0 Å². The molecule has 4 heteroatoms. The number of halogens is 1. The number of ether oxygens (including phenoxy) is 1. The Morgan fingerprint density at radius 1 is 1.07 bits per heavy atom. The molecule has 70 valence electrons. The van der Waals surface area contributed by atoms with Crippen LogP contribution in [0.1, 0.15) is 5.56 Å². The van der Waals surface area contributed by atoms with Crippen LogP contribution in [0.5, 0.6) is 0 Å². The Hall–Kier alpha value is -1.61. The maximum atomic E-state index is 10.8. The zero-order valence-corrected chi connectivity index (χ0v) is 7.75. The summed E-state index contributed by atoms with van der Waals surface area (Å²) in [6.45, 7) is 0.